The summed E-state index contributed by atoms with van der Waals surface area (Å²) in [6, 6.07) is 0. The van der Waals surface area contributed by atoms with E-state index in [-0.39, 0.29) is 11.6 Å². The average molecular weight is 259 g/mol. The van der Waals surface area contributed by atoms with E-state index < -0.39 is 0 Å². The second-order valence-electron chi connectivity index (χ2n) is 2.81. The topological polar surface area (TPSA) is 83.8 Å². The van der Waals surface area contributed by atoms with Gasteiger partial charge in [0.05, 0.1) is 11.4 Å². The highest BCUT2D eigenvalue weighted by Gasteiger charge is 2.14. The first-order valence-electron chi connectivity index (χ1n) is 3.94. The molecule has 0 aromatic carbocycles. The Morgan fingerprint density at radius 3 is 2.86 bits per heavy atom. The van der Waals surface area contributed by atoms with E-state index in [0.29, 0.717) is 22.4 Å². The summed E-state index contributed by atoms with van der Waals surface area (Å²) in [7, 11) is 0. The Balaban J connectivity index is 2.70. The van der Waals surface area contributed by atoms with Gasteiger partial charge in [-0.1, -0.05) is 22.5 Å². The largest absolute Gasteiger partial charge is 0.395 e. The van der Waals surface area contributed by atoms with Gasteiger partial charge in [0.25, 0.3) is 5.91 Å². The summed E-state index contributed by atoms with van der Waals surface area (Å²) >= 11 is 3.13. The highest BCUT2D eigenvalue weighted by Crippen LogP contribution is 2.12. The van der Waals surface area contributed by atoms with Crippen LogP contribution in [0.5, 0.6) is 0 Å². The maximum Gasteiger partial charge on any atom is 0.274 e. The molecule has 0 fully saturated rings. The van der Waals surface area contributed by atoms with E-state index in [1.165, 1.54) is 0 Å². The Hall–Kier alpha value is -1.30. The third kappa shape index (κ3) is 2.35. The smallest absolute Gasteiger partial charge is 0.274 e. The molecule has 0 spiro atoms. The number of carbonyl (C=O) groups is 1. The molecule has 1 aromatic heterocycles. The van der Waals surface area contributed by atoms with E-state index in [4.69, 9.17) is 5.73 Å². The lowest BCUT2D eigenvalue weighted by atomic mass is 10.3. The Bertz CT molecular complexity index is 371. The number of amides is 1. The summed E-state index contributed by atoms with van der Waals surface area (Å²) in [6.07, 6.45) is 0. The Kier molecular flexibility index (Phi) is 3.29. The summed E-state index contributed by atoms with van der Waals surface area (Å²) in [4.78, 5) is 11.4. The predicted octanol–water partition coefficient (Wildman–Crippen LogP) is 0.939. The number of nitrogen functional groups attached to an aromatic ring is 1. The molecule has 5 nitrogen and oxygen atoms in total. The maximum absolute atomic E-state index is 11.4. The van der Waals surface area contributed by atoms with Crippen molar-refractivity contribution in [3.8, 4) is 0 Å². The van der Waals surface area contributed by atoms with Gasteiger partial charge in [-0.05, 0) is 6.92 Å². The normalized spacial score (nSPS) is 9.86. The fraction of sp³-hybridized carbons (Fsp3) is 0.250. The van der Waals surface area contributed by atoms with Crippen LogP contribution in [0.25, 0.3) is 0 Å². The number of hydrogen-bond donors (Lipinski definition) is 3. The Morgan fingerprint density at radius 1 is 1.79 bits per heavy atom. The third-order valence-corrected chi connectivity index (χ3v) is 1.93. The molecule has 0 unspecified atom stereocenters. The molecule has 14 heavy (non-hydrogen) atoms. The van der Waals surface area contributed by atoms with Crippen molar-refractivity contribution in [2.24, 2.45) is 0 Å². The van der Waals surface area contributed by atoms with Crippen molar-refractivity contribution >= 4 is 27.5 Å². The van der Waals surface area contributed by atoms with E-state index >= 15 is 0 Å². The number of halogens is 1. The zero-order chi connectivity index (χ0) is 10.7. The first kappa shape index (κ1) is 10.8. The molecule has 1 amide bonds. The summed E-state index contributed by atoms with van der Waals surface area (Å²) < 4.78 is 0.691. The van der Waals surface area contributed by atoms with Gasteiger partial charge in [-0.15, -0.1) is 0 Å². The van der Waals surface area contributed by atoms with Crippen LogP contribution in [0.3, 0.4) is 0 Å². The van der Waals surface area contributed by atoms with Crippen LogP contribution >= 0.6 is 15.9 Å². The lowest BCUT2D eigenvalue weighted by Crippen LogP contribution is -2.25. The molecule has 76 valence electrons. The summed E-state index contributed by atoms with van der Waals surface area (Å²) in [6.45, 7) is 5.69. The van der Waals surface area contributed by atoms with E-state index in [0.717, 1.165) is 0 Å². The van der Waals surface area contributed by atoms with Crippen molar-refractivity contribution in [1.82, 2.24) is 15.5 Å². The first-order chi connectivity index (χ1) is 6.52. The van der Waals surface area contributed by atoms with Crippen LogP contribution in [0.1, 0.15) is 16.2 Å². The highest BCUT2D eigenvalue weighted by molar-refractivity contribution is 9.11. The number of anilines is 1. The van der Waals surface area contributed by atoms with Crippen LogP contribution in [0, 0.1) is 6.92 Å². The number of hydrogen-bond acceptors (Lipinski definition) is 3. The van der Waals surface area contributed by atoms with Gasteiger partial charge in [-0.25, -0.2) is 0 Å². The molecule has 1 heterocycles. The monoisotopic (exact) mass is 258 g/mol. The van der Waals surface area contributed by atoms with Crippen LogP contribution in [-0.4, -0.2) is 22.6 Å². The average Bonchev–Trinajstić information content (AvgIpc) is 2.44. The number of rotatable bonds is 3. The molecule has 0 bridgehead atoms. The van der Waals surface area contributed by atoms with Crippen molar-refractivity contribution in [3.05, 3.63) is 22.4 Å². The van der Waals surface area contributed by atoms with Crippen molar-refractivity contribution < 1.29 is 4.79 Å². The quantitative estimate of drug-likeness (QED) is 0.755. The second-order valence-corrected chi connectivity index (χ2v) is 3.93. The molecule has 6 heteroatoms. The number of aromatic amines is 1. The fourth-order valence-corrected chi connectivity index (χ4v) is 1.01. The van der Waals surface area contributed by atoms with Gasteiger partial charge in [0.1, 0.15) is 0 Å². The molecule has 1 aromatic rings. The number of aryl methyl sites for hydroxylation is 1. The minimum absolute atomic E-state index is 0.219. The van der Waals surface area contributed by atoms with Gasteiger partial charge in [0.15, 0.2) is 5.69 Å². The predicted molar refractivity (Wildman–Crippen MR) is 58.1 cm³/mol. The van der Waals surface area contributed by atoms with E-state index in [1.54, 1.807) is 6.92 Å². The molecule has 1 rings (SSSR count). The lowest BCUT2D eigenvalue weighted by molar-refractivity contribution is 0.0953. The number of nitrogens with zero attached hydrogens (tertiary/aromatic N) is 1. The summed E-state index contributed by atoms with van der Waals surface area (Å²) in [5.41, 5.74) is 6.91. The number of aromatic nitrogens is 2. The Labute approximate surface area is 89.9 Å². The molecule has 4 N–H and O–H groups in total. The van der Waals surface area contributed by atoms with Gasteiger partial charge in [0.2, 0.25) is 0 Å². The zero-order valence-corrected chi connectivity index (χ0v) is 9.31. The summed E-state index contributed by atoms with van der Waals surface area (Å²) in [5, 5.41) is 9.03. The van der Waals surface area contributed by atoms with E-state index in [1.807, 2.05) is 0 Å². The number of carbonyl (C=O) groups excluding carboxylic acids is 1. The SMILES string of the molecule is C=C(Br)CNC(=O)c1n[nH]c(C)c1N. The fourth-order valence-electron chi connectivity index (χ4n) is 0.871. The van der Waals surface area contributed by atoms with Crippen LogP contribution in [0.4, 0.5) is 5.69 Å². The van der Waals surface area contributed by atoms with Crippen LogP contribution in [-0.2, 0) is 0 Å². The van der Waals surface area contributed by atoms with Crippen molar-refractivity contribution in [2.45, 2.75) is 6.92 Å². The highest BCUT2D eigenvalue weighted by atomic mass is 79.9. The number of nitrogens with two attached hydrogens (primary N) is 1. The molecule has 0 saturated heterocycles. The number of nitrogens with one attached hydrogen (secondary N) is 2. The molecule has 0 saturated carbocycles. The summed E-state index contributed by atoms with van der Waals surface area (Å²) in [5.74, 6) is -0.313. The van der Waals surface area contributed by atoms with Crippen LogP contribution in [0.15, 0.2) is 11.1 Å². The van der Waals surface area contributed by atoms with Crippen molar-refractivity contribution in [3.63, 3.8) is 0 Å². The van der Waals surface area contributed by atoms with Crippen molar-refractivity contribution in [2.75, 3.05) is 12.3 Å². The Morgan fingerprint density at radius 2 is 2.43 bits per heavy atom. The second kappa shape index (κ2) is 4.28. The minimum Gasteiger partial charge on any atom is -0.395 e. The third-order valence-electron chi connectivity index (χ3n) is 1.65. The van der Waals surface area contributed by atoms with Crippen molar-refractivity contribution in [1.29, 1.82) is 0 Å². The standard InChI is InChI=1S/C8H11BrN4O/c1-4(9)3-11-8(14)7-6(10)5(2)12-13-7/h1,3,10H2,2H3,(H,11,14)(H,12,13). The van der Waals surface area contributed by atoms with E-state index in [2.05, 4.69) is 38.0 Å². The van der Waals surface area contributed by atoms with Gasteiger partial charge in [-0.2, -0.15) is 5.10 Å². The molecule has 0 aliphatic heterocycles. The van der Waals surface area contributed by atoms with Gasteiger partial charge >= 0.3 is 0 Å². The first-order valence-corrected chi connectivity index (χ1v) is 4.73. The van der Waals surface area contributed by atoms with Gasteiger partial charge in [0, 0.05) is 11.0 Å². The number of H-pyrrole nitrogens is 1. The maximum atomic E-state index is 11.4. The molecule has 0 aliphatic rings. The van der Waals surface area contributed by atoms with Gasteiger partial charge < -0.3 is 11.1 Å². The molecular formula is C8H11BrN4O. The molecule has 0 aliphatic carbocycles. The zero-order valence-electron chi connectivity index (χ0n) is 7.72. The van der Waals surface area contributed by atoms with Crippen LogP contribution < -0.4 is 11.1 Å². The molecule has 0 radical (unpaired) electrons. The van der Waals surface area contributed by atoms with E-state index in [9.17, 15) is 4.79 Å². The lowest BCUT2D eigenvalue weighted by Gasteiger charge is -2.01. The van der Waals surface area contributed by atoms with Gasteiger partial charge in [-0.3, -0.25) is 9.89 Å². The molecule has 0 atom stereocenters. The van der Waals surface area contributed by atoms with Crippen LogP contribution in [0.2, 0.25) is 0 Å². The minimum atomic E-state index is -0.313. The molecular weight excluding hydrogens is 248 g/mol.